The Bertz CT molecular complexity index is 554. The van der Waals surface area contributed by atoms with Crippen LogP contribution in [0.3, 0.4) is 0 Å². The van der Waals surface area contributed by atoms with Crippen LogP contribution in [-0.2, 0) is 11.2 Å². The van der Waals surface area contributed by atoms with E-state index in [1.165, 1.54) is 17.0 Å². The van der Waals surface area contributed by atoms with E-state index in [0.29, 0.717) is 5.92 Å². The molecule has 2 aliphatic rings. The number of ether oxygens (including phenoxy) is 1. The minimum absolute atomic E-state index is 0.00734. The van der Waals surface area contributed by atoms with E-state index < -0.39 is 0 Å². The van der Waals surface area contributed by atoms with E-state index in [-0.39, 0.29) is 18.2 Å². The second-order valence-electron chi connectivity index (χ2n) is 6.80. The van der Waals surface area contributed by atoms with Crippen LogP contribution in [0.4, 0.5) is 4.79 Å². The van der Waals surface area contributed by atoms with E-state index in [4.69, 9.17) is 9.72 Å². The number of carbonyl (C=O) groups is 1. The van der Waals surface area contributed by atoms with Crippen molar-refractivity contribution in [3.63, 3.8) is 0 Å². The number of likely N-dealkylation sites (N-methyl/N-ethyl adjacent to an activating group) is 1. The first-order chi connectivity index (χ1) is 11.0. The molecule has 1 aliphatic heterocycles. The third-order valence-corrected chi connectivity index (χ3v) is 5.94. The zero-order valence-corrected chi connectivity index (χ0v) is 15.1. The van der Waals surface area contributed by atoms with Crippen molar-refractivity contribution in [2.24, 2.45) is 0 Å². The van der Waals surface area contributed by atoms with E-state index in [9.17, 15) is 4.79 Å². The number of thiazole rings is 1. The van der Waals surface area contributed by atoms with Crippen LogP contribution in [-0.4, -0.2) is 48.3 Å². The number of carbonyl (C=O) groups excluding carboxylic acids is 1. The molecule has 6 heteroatoms. The standard InChI is InChI=1S/C17H27N3O2S/c1-11(14-7-5-9-22-14)18-17(21)20(3)10-13-6-4-8-15-16(13)19-12(2)23-15/h11,13-14H,4-10H2,1-3H3,(H,18,21)/t11-,13-,14+/m1/s1. The summed E-state index contributed by atoms with van der Waals surface area (Å²) in [6, 6.07) is 0.0583. The van der Waals surface area contributed by atoms with E-state index >= 15 is 0 Å². The maximum absolute atomic E-state index is 12.4. The van der Waals surface area contributed by atoms with Gasteiger partial charge in [0, 0.05) is 31.0 Å². The van der Waals surface area contributed by atoms with Gasteiger partial charge in [0.15, 0.2) is 0 Å². The summed E-state index contributed by atoms with van der Waals surface area (Å²) in [5.74, 6) is 0.373. The summed E-state index contributed by atoms with van der Waals surface area (Å²) in [5, 5.41) is 4.22. The van der Waals surface area contributed by atoms with Gasteiger partial charge < -0.3 is 15.0 Å². The molecule has 1 aliphatic carbocycles. The molecule has 3 atom stereocenters. The molecule has 128 valence electrons. The molecular formula is C17H27N3O2S. The molecule has 2 heterocycles. The van der Waals surface area contributed by atoms with Crippen LogP contribution in [0.1, 0.15) is 54.1 Å². The predicted molar refractivity (Wildman–Crippen MR) is 92.1 cm³/mol. The van der Waals surface area contributed by atoms with Gasteiger partial charge in [0.1, 0.15) is 0 Å². The SMILES string of the molecule is Cc1nc2c(s1)CCC[C@@H]2CN(C)C(=O)N[C@H](C)[C@@H]1CCCO1. The van der Waals surface area contributed by atoms with Crippen molar-refractivity contribution in [1.82, 2.24) is 15.2 Å². The van der Waals surface area contributed by atoms with E-state index in [2.05, 4.69) is 12.2 Å². The molecule has 0 aromatic carbocycles. The molecule has 0 bridgehead atoms. The lowest BCUT2D eigenvalue weighted by atomic mass is 9.90. The first-order valence-electron chi connectivity index (χ1n) is 8.64. The first kappa shape index (κ1) is 16.7. The van der Waals surface area contributed by atoms with Crippen LogP contribution in [0.5, 0.6) is 0 Å². The number of rotatable bonds is 4. The van der Waals surface area contributed by atoms with Crippen molar-refractivity contribution >= 4 is 17.4 Å². The molecule has 1 aromatic rings. The number of hydrogen-bond donors (Lipinski definition) is 1. The fourth-order valence-corrected chi connectivity index (χ4v) is 4.68. The van der Waals surface area contributed by atoms with Crippen LogP contribution < -0.4 is 5.32 Å². The summed E-state index contributed by atoms with van der Waals surface area (Å²) in [4.78, 5) is 20.4. The van der Waals surface area contributed by atoms with Gasteiger partial charge in [-0.3, -0.25) is 0 Å². The average molecular weight is 337 g/mol. The number of aryl methyl sites for hydroxylation is 2. The number of amides is 2. The summed E-state index contributed by atoms with van der Waals surface area (Å²) in [7, 11) is 1.88. The van der Waals surface area contributed by atoms with Crippen LogP contribution in [0.15, 0.2) is 0 Å². The largest absolute Gasteiger partial charge is 0.376 e. The van der Waals surface area contributed by atoms with Gasteiger partial charge in [-0.2, -0.15) is 0 Å². The van der Waals surface area contributed by atoms with Crippen molar-refractivity contribution in [2.75, 3.05) is 20.2 Å². The fourth-order valence-electron chi connectivity index (χ4n) is 3.62. The Morgan fingerprint density at radius 2 is 2.30 bits per heavy atom. The topological polar surface area (TPSA) is 54.5 Å². The second kappa shape index (κ2) is 7.18. The highest BCUT2D eigenvalue weighted by Gasteiger charge is 2.28. The van der Waals surface area contributed by atoms with Crippen molar-refractivity contribution < 1.29 is 9.53 Å². The minimum Gasteiger partial charge on any atom is -0.376 e. The van der Waals surface area contributed by atoms with Crippen molar-refractivity contribution in [3.8, 4) is 0 Å². The normalized spacial score (nSPS) is 25.0. The third kappa shape index (κ3) is 3.86. The smallest absolute Gasteiger partial charge is 0.317 e. The molecule has 0 radical (unpaired) electrons. The zero-order chi connectivity index (χ0) is 16.4. The summed E-state index contributed by atoms with van der Waals surface area (Å²) in [6.45, 7) is 5.65. The number of fused-ring (bicyclic) bond motifs is 1. The summed E-state index contributed by atoms with van der Waals surface area (Å²) in [6.07, 6.45) is 5.75. The zero-order valence-electron chi connectivity index (χ0n) is 14.3. The lowest BCUT2D eigenvalue weighted by molar-refractivity contribution is 0.0837. The van der Waals surface area contributed by atoms with Gasteiger partial charge in [-0.15, -0.1) is 11.3 Å². The molecule has 1 saturated heterocycles. The van der Waals surface area contributed by atoms with Gasteiger partial charge in [0.25, 0.3) is 0 Å². The number of urea groups is 1. The highest BCUT2D eigenvalue weighted by molar-refractivity contribution is 7.11. The molecule has 1 N–H and O–H groups in total. The van der Waals surface area contributed by atoms with E-state index in [0.717, 1.165) is 43.8 Å². The number of hydrogen-bond acceptors (Lipinski definition) is 4. The number of nitrogens with zero attached hydrogens (tertiary/aromatic N) is 2. The summed E-state index contributed by atoms with van der Waals surface area (Å²) >= 11 is 1.81. The highest BCUT2D eigenvalue weighted by atomic mass is 32.1. The highest BCUT2D eigenvalue weighted by Crippen LogP contribution is 2.34. The summed E-state index contributed by atoms with van der Waals surface area (Å²) in [5.41, 5.74) is 1.23. The molecule has 0 saturated carbocycles. The molecule has 1 fully saturated rings. The molecule has 2 amide bonds. The van der Waals surface area contributed by atoms with Crippen LogP contribution >= 0.6 is 11.3 Å². The maximum atomic E-state index is 12.4. The Labute approximate surface area is 142 Å². The van der Waals surface area contributed by atoms with Crippen molar-refractivity contribution in [3.05, 3.63) is 15.6 Å². The van der Waals surface area contributed by atoms with Gasteiger partial charge in [0.05, 0.1) is 22.8 Å². The molecule has 23 heavy (non-hydrogen) atoms. The maximum Gasteiger partial charge on any atom is 0.317 e. The fraction of sp³-hybridized carbons (Fsp3) is 0.765. The van der Waals surface area contributed by atoms with Gasteiger partial charge in [-0.05, 0) is 46.0 Å². The van der Waals surface area contributed by atoms with Crippen LogP contribution in [0, 0.1) is 6.92 Å². The molecule has 0 unspecified atom stereocenters. The quantitative estimate of drug-likeness (QED) is 0.918. The predicted octanol–water partition coefficient (Wildman–Crippen LogP) is 3.08. The van der Waals surface area contributed by atoms with E-state index in [1.54, 1.807) is 4.90 Å². The molecule has 5 nitrogen and oxygen atoms in total. The number of aromatic nitrogens is 1. The van der Waals surface area contributed by atoms with Crippen molar-refractivity contribution in [1.29, 1.82) is 0 Å². The Hall–Kier alpha value is -1.14. The Morgan fingerprint density at radius 1 is 1.48 bits per heavy atom. The van der Waals surface area contributed by atoms with Gasteiger partial charge in [-0.1, -0.05) is 0 Å². The van der Waals surface area contributed by atoms with Crippen molar-refractivity contribution in [2.45, 2.75) is 64.0 Å². The van der Waals surface area contributed by atoms with Crippen LogP contribution in [0.2, 0.25) is 0 Å². The van der Waals surface area contributed by atoms with Gasteiger partial charge in [0.2, 0.25) is 0 Å². The summed E-state index contributed by atoms with van der Waals surface area (Å²) < 4.78 is 5.65. The lowest BCUT2D eigenvalue weighted by Crippen LogP contribution is -2.47. The lowest BCUT2D eigenvalue weighted by Gasteiger charge is -2.28. The molecule has 3 rings (SSSR count). The number of nitrogens with one attached hydrogen (secondary N) is 1. The Balaban J connectivity index is 1.56. The molecular weight excluding hydrogens is 310 g/mol. The molecule has 1 aromatic heterocycles. The monoisotopic (exact) mass is 337 g/mol. The minimum atomic E-state index is -0.00734. The third-order valence-electron chi connectivity index (χ3n) is 4.89. The first-order valence-corrected chi connectivity index (χ1v) is 9.45. The Morgan fingerprint density at radius 3 is 3.04 bits per heavy atom. The van der Waals surface area contributed by atoms with Crippen LogP contribution in [0.25, 0.3) is 0 Å². The molecule has 0 spiro atoms. The van der Waals surface area contributed by atoms with Gasteiger partial charge in [-0.25, -0.2) is 9.78 Å². The Kier molecular flexibility index (Phi) is 5.21. The van der Waals surface area contributed by atoms with Gasteiger partial charge >= 0.3 is 6.03 Å². The van der Waals surface area contributed by atoms with E-state index in [1.807, 2.05) is 25.3 Å². The average Bonchev–Trinajstić information content (AvgIpc) is 3.15. The second-order valence-corrected chi connectivity index (χ2v) is 8.09.